The molecule has 1 heterocycles. The molecule has 0 unspecified atom stereocenters. The highest BCUT2D eigenvalue weighted by atomic mass is 35.5. The number of anilines is 1. The molecule has 17 heavy (non-hydrogen) atoms. The van der Waals surface area contributed by atoms with Crippen molar-refractivity contribution >= 4 is 28.7 Å². The van der Waals surface area contributed by atoms with Crippen LogP contribution in [0.4, 0.5) is 6.01 Å². The van der Waals surface area contributed by atoms with Crippen LogP contribution < -0.4 is 5.32 Å². The first-order chi connectivity index (χ1) is 8.40. The topological polar surface area (TPSA) is 38.1 Å². The van der Waals surface area contributed by atoms with E-state index in [0.717, 1.165) is 36.4 Å². The zero-order valence-corrected chi connectivity index (χ0v) is 10.5. The van der Waals surface area contributed by atoms with E-state index in [0.29, 0.717) is 6.01 Å². The zero-order valence-electron chi connectivity index (χ0n) is 9.79. The van der Waals surface area contributed by atoms with E-state index in [1.54, 1.807) is 0 Å². The van der Waals surface area contributed by atoms with Gasteiger partial charge in [-0.05, 0) is 25.0 Å². The molecule has 0 saturated carbocycles. The summed E-state index contributed by atoms with van der Waals surface area (Å²) in [6.45, 7) is 0.898. The standard InChI is InChI=1S/C13H17ClN2O/c14-9-5-1-2-6-10-15-13-16-11-7-3-4-8-12(11)17-13/h3-4,7-8H,1-2,5-6,9-10H2,(H,15,16). The van der Waals surface area contributed by atoms with Crippen molar-refractivity contribution < 1.29 is 4.42 Å². The highest BCUT2D eigenvalue weighted by molar-refractivity contribution is 6.17. The number of unbranched alkanes of at least 4 members (excludes halogenated alkanes) is 3. The fourth-order valence-electron chi connectivity index (χ4n) is 1.72. The van der Waals surface area contributed by atoms with E-state index in [-0.39, 0.29) is 0 Å². The van der Waals surface area contributed by atoms with Gasteiger partial charge in [-0.1, -0.05) is 25.0 Å². The Kier molecular flexibility index (Phi) is 4.68. The lowest BCUT2D eigenvalue weighted by Crippen LogP contribution is -2.01. The minimum atomic E-state index is 0.614. The Morgan fingerprint density at radius 1 is 1.12 bits per heavy atom. The van der Waals surface area contributed by atoms with E-state index in [4.69, 9.17) is 16.0 Å². The van der Waals surface area contributed by atoms with Crippen LogP contribution in [0.2, 0.25) is 0 Å². The normalized spacial score (nSPS) is 10.9. The second-order valence-electron chi connectivity index (χ2n) is 4.02. The van der Waals surface area contributed by atoms with Gasteiger partial charge in [-0.15, -0.1) is 11.6 Å². The lowest BCUT2D eigenvalue weighted by atomic mass is 10.2. The number of benzene rings is 1. The van der Waals surface area contributed by atoms with Gasteiger partial charge in [0, 0.05) is 12.4 Å². The summed E-state index contributed by atoms with van der Waals surface area (Å²) in [4.78, 5) is 4.35. The monoisotopic (exact) mass is 252 g/mol. The molecule has 92 valence electrons. The van der Waals surface area contributed by atoms with Crippen LogP contribution in [0.3, 0.4) is 0 Å². The highest BCUT2D eigenvalue weighted by Crippen LogP contribution is 2.17. The molecule has 0 amide bonds. The van der Waals surface area contributed by atoms with Gasteiger partial charge in [-0.25, -0.2) is 0 Å². The van der Waals surface area contributed by atoms with Crippen molar-refractivity contribution in [3.8, 4) is 0 Å². The third-order valence-corrected chi connectivity index (χ3v) is 2.90. The van der Waals surface area contributed by atoms with E-state index < -0.39 is 0 Å². The Bertz CT molecular complexity index is 422. The molecule has 1 aromatic heterocycles. The minimum absolute atomic E-state index is 0.614. The molecule has 0 spiro atoms. The van der Waals surface area contributed by atoms with Gasteiger partial charge in [0.1, 0.15) is 5.52 Å². The van der Waals surface area contributed by atoms with Crippen molar-refractivity contribution in [2.24, 2.45) is 0 Å². The molecule has 0 aliphatic carbocycles. The third-order valence-electron chi connectivity index (χ3n) is 2.63. The van der Waals surface area contributed by atoms with Crippen LogP contribution in [0.25, 0.3) is 11.1 Å². The first-order valence-electron chi connectivity index (χ1n) is 6.05. The summed E-state index contributed by atoms with van der Waals surface area (Å²) in [7, 11) is 0. The van der Waals surface area contributed by atoms with Gasteiger partial charge < -0.3 is 9.73 Å². The van der Waals surface area contributed by atoms with Crippen LogP contribution in [-0.2, 0) is 0 Å². The van der Waals surface area contributed by atoms with Crippen LogP contribution in [0.15, 0.2) is 28.7 Å². The first kappa shape index (κ1) is 12.2. The Labute approximate surface area is 106 Å². The maximum atomic E-state index is 5.61. The molecule has 0 fully saturated rings. The summed E-state index contributed by atoms with van der Waals surface area (Å²) in [5.74, 6) is 0.762. The average molecular weight is 253 g/mol. The second kappa shape index (κ2) is 6.50. The maximum absolute atomic E-state index is 5.61. The predicted molar refractivity (Wildman–Crippen MR) is 71.7 cm³/mol. The molecule has 0 bridgehead atoms. The van der Waals surface area contributed by atoms with Gasteiger partial charge >= 0.3 is 0 Å². The second-order valence-corrected chi connectivity index (χ2v) is 4.39. The molecule has 4 heteroatoms. The number of aromatic nitrogens is 1. The van der Waals surface area contributed by atoms with Crippen LogP contribution in [0, 0.1) is 0 Å². The quantitative estimate of drug-likeness (QED) is 0.597. The van der Waals surface area contributed by atoms with E-state index in [1.165, 1.54) is 12.8 Å². The largest absolute Gasteiger partial charge is 0.424 e. The average Bonchev–Trinajstić information content (AvgIpc) is 2.76. The summed E-state index contributed by atoms with van der Waals surface area (Å²) in [6, 6.07) is 8.39. The molecule has 0 aliphatic heterocycles. The van der Waals surface area contributed by atoms with Crippen molar-refractivity contribution in [1.82, 2.24) is 4.98 Å². The third kappa shape index (κ3) is 3.63. The van der Waals surface area contributed by atoms with Gasteiger partial charge in [0.2, 0.25) is 0 Å². The number of oxazole rings is 1. The number of halogens is 1. The Balaban J connectivity index is 1.75. The van der Waals surface area contributed by atoms with Gasteiger partial charge in [0.05, 0.1) is 0 Å². The molecule has 2 aromatic rings. The van der Waals surface area contributed by atoms with E-state index in [9.17, 15) is 0 Å². The molecule has 1 N–H and O–H groups in total. The lowest BCUT2D eigenvalue weighted by molar-refractivity contribution is 0.606. The van der Waals surface area contributed by atoms with Crippen LogP contribution in [-0.4, -0.2) is 17.4 Å². The van der Waals surface area contributed by atoms with Gasteiger partial charge in [0.25, 0.3) is 6.01 Å². The van der Waals surface area contributed by atoms with Crippen molar-refractivity contribution in [1.29, 1.82) is 0 Å². The number of para-hydroxylation sites is 2. The summed E-state index contributed by atoms with van der Waals surface area (Å²) in [6.07, 6.45) is 4.61. The van der Waals surface area contributed by atoms with Gasteiger partial charge in [-0.3, -0.25) is 0 Å². The smallest absolute Gasteiger partial charge is 0.295 e. The number of nitrogens with zero attached hydrogens (tertiary/aromatic N) is 1. The van der Waals surface area contributed by atoms with Crippen molar-refractivity contribution in [2.75, 3.05) is 17.7 Å². The fourth-order valence-corrected chi connectivity index (χ4v) is 1.91. The van der Waals surface area contributed by atoms with Crippen LogP contribution in [0.5, 0.6) is 0 Å². The van der Waals surface area contributed by atoms with Crippen LogP contribution >= 0.6 is 11.6 Å². The van der Waals surface area contributed by atoms with Crippen LogP contribution in [0.1, 0.15) is 25.7 Å². The van der Waals surface area contributed by atoms with E-state index in [2.05, 4.69) is 10.3 Å². The highest BCUT2D eigenvalue weighted by Gasteiger charge is 2.02. The Morgan fingerprint density at radius 2 is 1.94 bits per heavy atom. The molecule has 3 nitrogen and oxygen atoms in total. The molecule has 1 aromatic carbocycles. The summed E-state index contributed by atoms with van der Waals surface area (Å²) in [5.41, 5.74) is 1.73. The number of hydrogen-bond donors (Lipinski definition) is 1. The summed E-state index contributed by atoms with van der Waals surface area (Å²) >= 11 is 5.61. The van der Waals surface area contributed by atoms with Crippen molar-refractivity contribution in [3.63, 3.8) is 0 Å². The number of rotatable bonds is 7. The Hall–Kier alpha value is -1.22. The van der Waals surface area contributed by atoms with Gasteiger partial charge in [0.15, 0.2) is 5.58 Å². The molecule has 0 radical (unpaired) electrons. The number of fused-ring (bicyclic) bond motifs is 1. The fraction of sp³-hybridized carbons (Fsp3) is 0.462. The van der Waals surface area contributed by atoms with E-state index >= 15 is 0 Å². The van der Waals surface area contributed by atoms with E-state index in [1.807, 2.05) is 24.3 Å². The maximum Gasteiger partial charge on any atom is 0.295 e. The molecule has 0 atom stereocenters. The minimum Gasteiger partial charge on any atom is -0.424 e. The lowest BCUT2D eigenvalue weighted by Gasteiger charge is -2.00. The van der Waals surface area contributed by atoms with Gasteiger partial charge in [-0.2, -0.15) is 4.98 Å². The predicted octanol–water partition coefficient (Wildman–Crippen LogP) is 4.04. The number of hydrogen-bond acceptors (Lipinski definition) is 3. The molecule has 0 aliphatic rings. The molecular formula is C13H17ClN2O. The summed E-state index contributed by atoms with van der Waals surface area (Å²) < 4.78 is 5.55. The zero-order chi connectivity index (χ0) is 11.9. The summed E-state index contributed by atoms with van der Waals surface area (Å²) in [5, 5.41) is 3.20. The number of nitrogens with one attached hydrogen (secondary N) is 1. The van der Waals surface area contributed by atoms with Crippen molar-refractivity contribution in [3.05, 3.63) is 24.3 Å². The SMILES string of the molecule is ClCCCCCCNc1nc2ccccc2o1. The number of alkyl halides is 1. The van der Waals surface area contributed by atoms with Crippen molar-refractivity contribution in [2.45, 2.75) is 25.7 Å². The first-order valence-corrected chi connectivity index (χ1v) is 6.59. The molecular weight excluding hydrogens is 236 g/mol. The Morgan fingerprint density at radius 3 is 2.76 bits per heavy atom. The molecule has 2 rings (SSSR count). The molecule has 0 saturated heterocycles.